The Hall–Kier alpha value is -3.46. The number of fused-ring (bicyclic) bond motifs is 1. The van der Waals surface area contributed by atoms with Crippen molar-refractivity contribution in [2.75, 3.05) is 0 Å². The van der Waals surface area contributed by atoms with E-state index in [1.165, 1.54) is 0 Å². The zero-order valence-electron chi connectivity index (χ0n) is 8.74. The average molecular weight is 232 g/mol. The summed E-state index contributed by atoms with van der Waals surface area (Å²) in [6, 6.07) is 5.18. The van der Waals surface area contributed by atoms with E-state index < -0.39 is 0 Å². The summed E-state index contributed by atoms with van der Waals surface area (Å²) in [6.07, 6.45) is 0. The zero-order chi connectivity index (χ0) is 13.4. The van der Waals surface area contributed by atoms with Gasteiger partial charge in [-0.2, -0.15) is 15.8 Å². The summed E-state index contributed by atoms with van der Waals surface area (Å²) in [5, 5.41) is 51.2. The fourth-order valence-electron chi connectivity index (χ4n) is 1.82. The van der Waals surface area contributed by atoms with Gasteiger partial charge in [-0.15, -0.1) is 0 Å². The van der Waals surface area contributed by atoms with Gasteiger partial charge < -0.3 is 5.41 Å². The Kier molecular flexibility index (Phi) is 2.17. The number of nitrogens with zero attached hydrogens (tertiary/aromatic N) is 5. The molecule has 0 spiro atoms. The lowest BCUT2D eigenvalue weighted by molar-refractivity contribution is 0.799. The van der Waals surface area contributed by atoms with Gasteiger partial charge in [-0.25, -0.2) is 0 Å². The summed E-state index contributed by atoms with van der Waals surface area (Å²) in [4.78, 5) is 0.966. The van der Waals surface area contributed by atoms with Crippen LogP contribution in [0.2, 0.25) is 0 Å². The minimum atomic E-state index is -0.355. The predicted octanol–water partition coefficient (Wildman–Crippen LogP) is 0.557. The SMILES string of the molecule is N#CC1=C(C#N)C2=C(C#N)C(=C=[N-])C(=N)N2C1=N. The first-order valence-corrected chi connectivity index (χ1v) is 4.57. The molecule has 18 heavy (non-hydrogen) atoms. The van der Waals surface area contributed by atoms with E-state index in [0.29, 0.717) is 0 Å². The van der Waals surface area contributed by atoms with Crippen LogP contribution in [0, 0.1) is 44.8 Å². The molecule has 0 saturated carbocycles. The molecule has 0 aromatic rings. The molecule has 2 rings (SSSR count). The number of nitriles is 3. The minimum Gasteiger partial charge on any atom is -0.763 e. The van der Waals surface area contributed by atoms with Crippen LogP contribution in [-0.2, 0) is 0 Å². The maximum atomic E-state index is 9.00. The van der Waals surface area contributed by atoms with Crippen molar-refractivity contribution in [1.82, 2.24) is 4.90 Å². The Balaban J connectivity index is 2.91. The highest BCUT2D eigenvalue weighted by molar-refractivity contribution is 6.26. The van der Waals surface area contributed by atoms with Crippen molar-refractivity contribution in [3.63, 3.8) is 0 Å². The molecule has 2 aliphatic heterocycles. The smallest absolute Gasteiger partial charge is 0.150 e. The van der Waals surface area contributed by atoms with Crippen molar-refractivity contribution >= 4 is 17.5 Å². The number of hydrogen-bond acceptors (Lipinski definition) is 5. The molecule has 0 fully saturated rings. The Labute approximate surface area is 101 Å². The van der Waals surface area contributed by atoms with E-state index in [4.69, 9.17) is 32.0 Å². The van der Waals surface area contributed by atoms with Crippen LogP contribution < -0.4 is 0 Å². The normalized spacial score (nSPS) is 17.4. The Morgan fingerprint density at radius 3 is 1.89 bits per heavy atom. The van der Waals surface area contributed by atoms with Gasteiger partial charge in [0.05, 0.1) is 22.4 Å². The molecule has 0 aliphatic carbocycles. The van der Waals surface area contributed by atoms with Crippen molar-refractivity contribution in [1.29, 1.82) is 26.6 Å². The number of hydrogen-bond donors (Lipinski definition) is 2. The highest BCUT2D eigenvalue weighted by Crippen LogP contribution is 2.39. The lowest BCUT2D eigenvalue weighted by atomic mass is 10.0. The maximum Gasteiger partial charge on any atom is 0.150 e. The summed E-state index contributed by atoms with van der Waals surface area (Å²) < 4.78 is 0. The molecule has 2 heterocycles. The van der Waals surface area contributed by atoms with Gasteiger partial charge in [-0.1, -0.05) is 0 Å². The molecule has 0 bridgehead atoms. The molecule has 2 N–H and O–H groups in total. The third-order valence-electron chi connectivity index (χ3n) is 2.57. The van der Waals surface area contributed by atoms with Crippen LogP contribution in [0.4, 0.5) is 0 Å². The van der Waals surface area contributed by atoms with Crippen LogP contribution in [-0.4, -0.2) is 22.4 Å². The van der Waals surface area contributed by atoms with Crippen molar-refractivity contribution in [3.8, 4) is 18.2 Å². The monoisotopic (exact) mass is 232 g/mol. The minimum absolute atomic E-state index is 0.0110. The molecule has 2 aliphatic rings. The summed E-state index contributed by atoms with van der Waals surface area (Å²) >= 11 is 0. The van der Waals surface area contributed by atoms with Crippen LogP contribution in [0.3, 0.4) is 0 Å². The van der Waals surface area contributed by atoms with Gasteiger partial charge in [0.25, 0.3) is 0 Å². The second kappa shape index (κ2) is 3.54. The molecule has 0 aromatic heterocycles. The van der Waals surface area contributed by atoms with Gasteiger partial charge in [0.15, 0.2) is 5.84 Å². The van der Waals surface area contributed by atoms with E-state index in [9.17, 15) is 0 Å². The van der Waals surface area contributed by atoms with E-state index in [0.717, 1.165) is 4.90 Å². The molecule has 0 atom stereocenters. The average Bonchev–Trinajstić information content (AvgIpc) is 2.81. The van der Waals surface area contributed by atoms with Gasteiger partial charge in [0.2, 0.25) is 0 Å². The number of amidine groups is 2. The van der Waals surface area contributed by atoms with Crippen LogP contribution in [0.25, 0.3) is 5.41 Å². The summed E-state index contributed by atoms with van der Waals surface area (Å²) in [5.41, 5.74) is -0.685. The highest BCUT2D eigenvalue weighted by Gasteiger charge is 2.44. The quantitative estimate of drug-likeness (QED) is 0.587. The summed E-state index contributed by atoms with van der Waals surface area (Å²) in [5.74, 6) is 0.991. The predicted molar refractivity (Wildman–Crippen MR) is 60.1 cm³/mol. The van der Waals surface area contributed by atoms with Gasteiger partial charge >= 0.3 is 0 Å². The third kappa shape index (κ3) is 1.02. The van der Waals surface area contributed by atoms with E-state index >= 15 is 0 Å². The third-order valence-corrected chi connectivity index (χ3v) is 2.57. The van der Waals surface area contributed by atoms with E-state index in [2.05, 4.69) is 0 Å². The van der Waals surface area contributed by atoms with E-state index in [-0.39, 0.29) is 39.7 Å². The fourth-order valence-corrected chi connectivity index (χ4v) is 1.82. The lowest BCUT2D eigenvalue weighted by Gasteiger charge is -2.13. The Morgan fingerprint density at radius 1 is 0.889 bits per heavy atom. The molecular weight excluding hydrogens is 230 g/mol. The number of rotatable bonds is 0. The molecule has 7 heteroatoms. The molecule has 0 saturated heterocycles. The summed E-state index contributed by atoms with van der Waals surface area (Å²) in [6.45, 7) is 0. The summed E-state index contributed by atoms with van der Waals surface area (Å²) in [7, 11) is 0. The second-order valence-corrected chi connectivity index (χ2v) is 3.33. The Bertz CT molecular complexity index is 751. The molecule has 7 nitrogen and oxygen atoms in total. The fraction of sp³-hybridized carbons (Fsp3) is 0. The highest BCUT2D eigenvalue weighted by atomic mass is 15.3. The van der Waals surface area contributed by atoms with E-state index in [1.54, 1.807) is 24.1 Å². The van der Waals surface area contributed by atoms with Crippen molar-refractivity contribution in [2.24, 2.45) is 0 Å². The molecule has 0 amide bonds. The standard InChI is InChI=1S/C11H2N7/c12-1-5-7(3-14)10(16)18-9(5)6(2-13)8(4-15)11(18)17/h16-17H/q-1. The molecule has 0 unspecified atom stereocenters. The molecular formula is C11H2N7-. The molecule has 82 valence electrons. The first-order chi connectivity index (χ1) is 8.62. The van der Waals surface area contributed by atoms with E-state index in [1.807, 2.05) is 0 Å². The molecule has 0 radical (unpaired) electrons. The van der Waals surface area contributed by atoms with Crippen LogP contribution in [0.15, 0.2) is 28.0 Å². The number of allylic oxidation sites excluding steroid dienone is 1. The second-order valence-electron chi connectivity index (χ2n) is 3.33. The first kappa shape index (κ1) is 11.0. The van der Waals surface area contributed by atoms with Gasteiger partial charge in [-0.05, 0) is 0 Å². The topological polar surface area (TPSA) is 145 Å². The van der Waals surface area contributed by atoms with Crippen molar-refractivity contribution < 1.29 is 0 Å². The van der Waals surface area contributed by atoms with Gasteiger partial charge in [0.1, 0.15) is 29.6 Å². The van der Waals surface area contributed by atoms with Crippen LogP contribution in [0.5, 0.6) is 0 Å². The Morgan fingerprint density at radius 2 is 1.44 bits per heavy atom. The first-order valence-electron chi connectivity index (χ1n) is 4.57. The number of nitrogens with one attached hydrogen (secondary N) is 2. The molecule has 0 aromatic carbocycles. The van der Waals surface area contributed by atoms with Crippen LogP contribution >= 0.6 is 0 Å². The zero-order valence-corrected chi connectivity index (χ0v) is 8.74. The van der Waals surface area contributed by atoms with Gasteiger partial charge in [0, 0.05) is 0 Å². The van der Waals surface area contributed by atoms with Crippen molar-refractivity contribution in [3.05, 3.63) is 33.4 Å². The maximum absolute atomic E-state index is 9.00. The van der Waals surface area contributed by atoms with Gasteiger partial charge in [-0.3, -0.25) is 21.6 Å². The van der Waals surface area contributed by atoms with Crippen LogP contribution in [0.1, 0.15) is 0 Å². The largest absolute Gasteiger partial charge is 0.763 e. The van der Waals surface area contributed by atoms with Crippen molar-refractivity contribution in [2.45, 2.75) is 0 Å². The lowest BCUT2D eigenvalue weighted by Crippen LogP contribution is -2.28.